The molecule has 6 heteroatoms. The minimum Gasteiger partial charge on any atom is -0.496 e. The van der Waals surface area contributed by atoms with Crippen LogP contribution in [0.4, 0.5) is 5.69 Å². The van der Waals surface area contributed by atoms with Gasteiger partial charge in [0, 0.05) is 5.54 Å². The normalized spacial score (nSPS) is 19.4. The molecule has 1 unspecified atom stereocenters. The van der Waals surface area contributed by atoms with Crippen LogP contribution in [0.2, 0.25) is 0 Å². The molecule has 0 radical (unpaired) electrons. The molecular formula is C22H21NO5. The second-order valence-electron chi connectivity index (χ2n) is 7.89. The third kappa shape index (κ3) is 2.59. The van der Waals surface area contributed by atoms with E-state index in [2.05, 4.69) is 0 Å². The molecule has 2 aromatic carbocycles. The number of carbonyl (C=O) groups excluding carboxylic acids is 3. The van der Waals surface area contributed by atoms with Gasteiger partial charge in [-0.2, -0.15) is 0 Å². The number of esters is 1. The molecule has 1 atom stereocenters. The number of hydrogen-bond acceptors (Lipinski definition) is 5. The van der Waals surface area contributed by atoms with E-state index >= 15 is 0 Å². The lowest BCUT2D eigenvalue weighted by Gasteiger charge is -2.43. The monoisotopic (exact) mass is 379 g/mol. The Balaban J connectivity index is 1.77. The van der Waals surface area contributed by atoms with Gasteiger partial charge in [0.25, 0.3) is 11.7 Å². The third-order valence-electron chi connectivity index (χ3n) is 5.46. The van der Waals surface area contributed by atoms with E-state index in [-0.39, 0.29) is 17.2 Å². The quantitative estimate of drug-likeness (QED) is 0.462. The summed E-state index contributed by atoms with van der Waals surface area (Å²) in [5.74, 6) is -0.901. The fraction of sp³-hybridized carbons (Fsp3) is 0.318. The van der Waals surface area contributed by atoms with Gasteiger partial charge in [0.1, 0.15) is 17.1 Å². The Morgan fingerprint density at radius 2 is 1.89 bits per heavy atom. The van der Waals surface area contributed by atoms with Crippen LogP contribution in [0.3, 0.4) is 0 Å². The Morgan fingerprint density at radius 3 is 2.61 bits per heavy atom. The molecule has 2 aliphatic rings. The average Bonchev–Trinajstić information content (AvgIpc) is 2.91. The van der Waals surface area contributed by atoms with Crippen LogP contribution >= 0.6 is 0 Å². The highest BCUT2D eigenvalue weighted by Crippen LogP contribution is 2.49. The zero-order valence-corrected chi connectivity index (χ0v) is 16.2. The van der Waals surface area contributed by atoms with Crippen molar-refractivity contribution in [1.29, 1.82) is 0 Å². The molecule has 4 rings (SSSR count). The summed E-state index contributed by atoms with van der Waals surface area (Å²) in [7, 11) is 1.48. The SMILES string of the molecule is COc1ccccc1C(=O)Oc1cc2c3c(c1)C(C)CC(C)(C)N3C(=O)C2=O. The van der Waals surface area contributed by atoms with Crippen LogP contribution in [0.15, 0.2) is 36.4 Å². The van der Waals surface area contributed by atoms with Crippen molar-refractivity contribution >= 4 is 23.3 Å². The summed E-state index contributed by atoms with van der Waals surface area (Å²) in [4.78, 5) is 39.4. The van der Waals surface area contributed by atoms with Gasteiger partial charge in [0.05, 0.1) is 18.4 Å². The van der Waals surface area contributed by atoms with Gasteiger partial charge in [-0.1, -0.05) is 19.1 Å². The van der Waals surface area contributed by atoms with Crippen molar-refractivity contribution in [2.75, 3.05) is 12.0 Å². The Hall–Kier alpha value is -3.15. The zero-order chi connectivity index (χ0) is 20.2. The molecule has 6 nitrogen and oxygen atoms in total. The van der Waals surface area contributed by atoms with Gasteiger partial charge in [0.2, 0.25) is 0 Å². The average molecular weight is 379 g/mol. The standard InChI is InChI=1S/C22H21NO5/c1-12-11-22(2,3)23-18-15(12)9-13(10-16(18)19(24)20(23)25)28-21(26)14-7-5-6-8-17(14)27-4/h5-10,12H,11H2,1-4H3. The Morgan fingerprint density at radius 1 is 1.18 bits per heavy atom. The number of para-hydroxylation sites is 1. The minimum atomic E-state index is -0.581. The molecular weight excluding hydrogens is 358 g/mol. The van der Waals surface area contributed by atoms with E-state index in [1.807, 2.05) is 20.8 Å². The first-order chi connectivity index (χ1) is 13.2. The van der Waals surface area contributed by atoms with Crippen molar-refractivity contribution in [3.05, 3.63) is 53.1 Å². The maximum Gasteiger partial charge on any atom is 0.347 e. The van der Waals surface area contributed by atoms with Gasteiger partial charge in [-0.05, 0) is 56.0 Å². The predicted molar refractivity (Wildman–Crippen MR) is 103 cm³/mol. The van der Waals surface area contributed by atoms with E-state index in [0.717, 1.165) is 5.56 Å². The number of ketones is 1. The van der Waals surface area contributed by atoms with Gasteiger partial charge in [-0.25, -0.2) is 4.79 Å². The number of amides is 1. The van der Waals surface area contributed by atoms with Crippen LogP contribution in [0, 0.1) is 0 Å². The first kappa shape index (κ1) is 18.2. The molecule has 0 fully saturated rings. The number of rotatable bonds is 3. The van der Waals surface area contributed by atoms with Crippen LogP contribution < -0.4 is 14.4 Å². The number of benzene rings is 2. The molecule has 0 bridgehead atoms. The van der Waals surface area contributed by atoms with Crippen LogP contribution in [0.1, 0.15) is 59.4 Å². The molecule has 0 N–H and O–H groups in total. The molecule has 0 saturated carbocycles. The van der Waals surface area contributed by atoms with Crippen molar-refractivity contribution < 1.29 is 23.9 Å². The predicted octanol–water partition coefficient (Wildman–Crippen LogP) is 3.73. The van der Waals surface area contributed by atoms with Crippen LogP contribution in [0.5, 0.6) is 11.5 Å². The van der Waals surface area contributed by atoms with Crippen LogP contribution in [0.25, 0.3) is 0 Å². The number of Topliss-reactive ketones (excluding diaryl/α,β-unsaturated/α-hetero) is 1. The summed E-state index contributed by atoms with van der Waals surface area (Å²) in [5.41, 5.74) is 1.64. The highest BCUT2D eigenvalue weighted by molar-refractivity contribution is 6.53. The van der Waals surface area contributed by atoms with Gasteiger partial charge < -0.3 is 9.47 Å². The van der Waals surface area contributed by atoms with E-state index in [4.69, 9.17) is 9.47 Å². The first-order valence-electron chi connectivity index (χ1n) is 9.16. The van der Waals surface area contributed by atoms with Crippen LogP contribution in [-0.4, -0.2) is 30.3 Å². The summed E-state index contributed by atoms with van der Waals surface area (Å²) in [6.45, 7) is 5.97. The number of ether oxygens (including phenoxy) is 2. The number of hydrogen-bond donors (Lipinski definition) is 0. The van der Waals surface area contributed by atoms with E-state index in [1.54, 1.807) is 35.2 Å². The number of carbonyl (C=O) groups is 3. The fourth-order valence-electron chi connectivity index (χ4n) is 4.31. The Bertz CT molecular complexity index is 1020. The molecule has 2 heterocycles. The zero-order valence-electron chi connectivity index (χ0n) is 16.2. The molecule has 0 saturated heterocycles. The first-order valence-corrected chi connectivity index (χ1v) is 9.16. The molecule has 144 valence electrons. The Kier molecular flexibility index (Phi) is 4.03. The summed E-state index contributed by atoms with van der Waals surface area (Å²) in [6.07, 6.45) is 0.711. The second kappa shape index (κ2) is 6.19. The van der Waals surface area contributed by atoms with E-state index in [0.29, 0.717) is 23.4 Å². The molecule has 2 aromatic rings. The highest BCUT2D eigenvalue weighted by atomic mass is 16.5. The Labute approximate surface area is 163 Å². The molecule has 1 amide bonds. The summed E-state index contributed by atoms with van der Waals surface area (Å²) >= 11 is 0. The lowest BCUT2D eigenvalue weighted by molar-refractivity contribution is -0.115. The molecule has 28 heavy (non-hydrogen) atoms. The number of anilines is 1. The topological polar surface area (TPSA) is 72.9 Å². The number of nitrogens with zero attached hydrogens (tertiary/aromatic N) is 1. The van der Waals surface area contributed by atoms with Gasteiger partial charge >= 0.3 is 5.97 Å². The third-order valence-corrected chi connectivity index (χ3v) is 5.46. The minimum absolute atomic E-state index is 0.114. The molecule has 0 spiro atoms. The van der Waals surface area contributed by atoms with E-state index in [9.17, 15) is 14.4 Å². The van der Waals surface area contributed by atoms with E-state index in [1.165, 1.54) is 13.2 Å². The molecule has 0 aromatic heterocycles. The lowest BCUT2D eigenvalue weighted by Crippen LogP contribution is -2.50. The maximum atomic E-state index is 12.6. The van der Waals surface area contributed by atoms with Crippen molar-refractivity contribution in [3.8, 4) is 11.5 Å². The maximum absolute atomic E-state index is 12.6. The molecule has 0 aliphatic carbocycles. The largest absolute Gasteiger partial charge is 0.496 e. The smallest absolute Gasteiger partial charge is 0.347 e. The van der Waals surface area contributed by atoms with Crippen molar-refractivity contribution in [2.24, 2.45) is 0 Å². The lowest BCUT2D eigenvalue weighted by atomic mass is 9.80. The van der Waals surface area contributed by atoms with E-state index < -0.39 is 23.2 Å². The highest BCUT2D eigenvalue weighted by Gasteiger charge is 2.49. The van der Waals surface area contributed by atoms with Gasteiger partial charge in [0.15, 0.2) is 0 Å². The van der Waals surface area contributed by atoms with Crippen molar-refractivity contribution in [1.82, 2.24) is 0 Å². The number of methoxy groups -OCH3 is 1. The fourth-order valence-corrected chi connectivity index (χ4v) is 4.31. The second-order valence-corrected chi connectivity index (χ2v) is 7.89. The van der Waals surface area contributed by atoms with Crippen LogP contribution in [-0.2, 0) is 4.79 Å². The van der Waals surface area contributed by atoms with Crippen molar-refractivity contribution in [3.63, 3.8) is 0 Å². The summed E-state index contributed by atoms with van der Waals surface area (Å²) in [5, 5.41) is 0. The van der Waals surface area contributed by atoms with Crippen molar-refractivity contribution in [2.45, 2.75) is 38.6 Å². The van der Waals surface area contributed by atoms with Gasteiger partial charge in [-0.3, -0.25) is 14.5 Å². The van der Waals surface area contributed by atoms with Gasteiger partial charge in [-0.15, -0.1) is 0 Å². The molecule has 2 aliphatic heterocycles. The summed E-state index contributed by atoms with van der Waals surface area (Å²) < 4.78 is 10.8. The summed E-state index contributed by atoms with van der Waals surface area (Å²) in [6, 6.07) is 10.0.